The van der Waals surface area contributed by atoms with Crippen LogP contribution in [0.5, 0.6) is 5.75 Å². The first-order valence-corrected chi connectivity index (χ1v) is 14.7. The van der Waals surface area contributed by atoms with Crippen LogP contribution in [0.4, 0.5) is 18.9 Å². The second kappa shape index (κ2) is 10.9. The van der Waals surface area contributed by atoms with E-state index in [2.05, 4.69) is 0 Å². The zero-order valence-corrected chi connectivity index (χ0v) is 23.8. The number of thioether (sulfide) groups is 1. The number of thiazole rings is 1. The van der Waals surface area contributed by atoms with Crippen LogP contribution in [-0.4, -0.2) is 65.9 Å². The topological polar surface area (TPSA) is 98.2 Å². The van der Waals surface area contributed by atoms with E-state index in [4.69, 9.17) is 9.47 Å². The lowest BCUT2D eigenvalue weighted by molar-refractivity contribution is -0.137. The molecule has 4 heterocycles. The maximum Gasteiger partial charge on any atom is 0.418 e. The Bertz CT molecular complexity index is 1610. The number of amides is 3. The highest BCUT2D eigenvalue weighted by molar-refractivity contribution is 8.00. The van der Waals surface area contributed by atoms with Crippen LogP contribution in [0.25, 0.3) is 0 Å². The summed E-state index contributed by atoms with van der Waals surface area (Å²) < 4.78 is 53.7. The van der Waals surface area contributed by atoms with Crippen LogP contribution in [0.2, 0.25) is 0 Å². The van der Waals surface area contributed by atoms with E-state index in [0.717, 1.165) is 35.2 Å². The molecule has 3 aliphatic heterocycles. The summed E-state index contributed by atoms with van der Waals surface area (Å²) in [5.41, 5.74) is -1.04. The van der Waals surface area contributed by atoms with Crippen molar-refractivity contribution >= 4 is 46.5 Å². The minimum absolute atomic E-state index is 0.271. The molecule has 14 heteroatoms. The summed E-state index contributed by atoms with van der Waals surface area (Å²) in [4.78, 5) is 56.4. The van der Waals surface area contributed by atoms with E-state index in [1.807, 2.05) is 0 Å². The molecular weight excluding hydrogens is 595 g/mol. The Kier molecular flexibility index (Phi) is 7.39. The monoisotopic (exact) mass is 619 g/mol. The van der Waals surface area contributed by atoms with Gasteiger partial charge in [0, 0.05) is 23.9 Å². The van der Waals surface area contributed by atoms with Crippen molar-refractivity contribution in [3.05, 3.63) is 74.2 Å². The van der Waals surface area contributed by atoms with Crippen molar-refractivity contribution in [1.29, 1.82) is 0 Å². The number of anilines is 1. The second-order valence-corrected chi connectivity index (χ2v) is 12.1. The number of benzene rings is 2. The summed E-state index contributed by atoms with van der Waals surface area (Å²) in [6.07, 6.45) is -4.80. The maximum atomic E-state index is 14.0. The molecule has 220 valence electrons. The number of hydrogen-bond acceptors (Lipinski definition) is 8. The number of para-hydroxylation sites is 1. The number of carbonyl (C=O) groups is 3. The van der Waals surface area contributed by atoms with Crippen molar-refractivity contribution in [2.45, 2.75) is 28.9 Å². The number of hydrogen-bond donors (Lipinski definition) is 0. The molecule has 3 amide bonds. The Morgan fingerprint density at radius 3 is 2.38 bits per heavy atom. The molecule has 2 saturated heterocycles. The van der Waals surface area contributed by atoms with Gasteiger partial charge in [-0.25, -0.2) is 4.90 Å². The number of carbonyl (C=O) groups excluding carboxylic acids is 3. The first-order valence-electron chi connectivity index (χ1n) is 13.0. The predicted octanol–water partition coefficient (Wildman–Crippen LogP) is 3.59. The Morgan fingerprint density at radius 2 is 1.71 bits per heavy atom. The molecule has 0 saturated carbocycles. The van der Waals surface area contributed by atoms with Gasteiger partial charge in [0.2, 0.25) is 17.7 Å². The molecular formula is C28H24F3N3O6S2. The third kappa shape index (κ3) is 4.80. The number of fused-ring (bicyclic) bond motifs is 2. The Hall–Kier alpha value is -3.62. The molecule has 0 bridgehead atoms. The summed E-state index contributed by atoms with van der Waals surface area (Å²) in [5.74, 6) is -3.23. The van der Waals surface area contributed by atoms with Crippen LogP contribution in [0.15, 0.2) is 58.4 Å². The van der Waals surface area contributed by atoms with Gasteiger partial charge in [-0.1, -0.05) is 47.4 Å². The molecule has 2 unspecified atom stereocenters. The summed E-state index contributed by atoms with van der Waals surface area (Å²) >= 11 is 1.83. The molecule has 42 heavy (non-hydrogen) atoms. The molecule has 0 N–H and O–H groups in total. The third-order valence-electron chi connectivity index (χ3n) is 7.63. The van der Waals surface area contributed by atoms with E-state index in [1.54, 1.807) is 29.2 Å². The number of nitrogens with zero attached hydrogens (tertiary/aromatic N) is 3. The number of rotatable bonds is 5. The van der Waals surface area contributed by atoms with E-state index in [9.17, 15) is 32.3 Å². The lowest BCUT2D eigenvalue weighted by Gasteiger charge is -2.31. The van der Waals surface area contributed by atoms with Gasteiger partial charge in [-0.2, -0.15) is 13.2 Å². The highest BCUT2D eigenvalue weighted by Gasteiger charge is 2.57. The van der Waals surface area contributed by atoms with Crippen molar-refractivity contribution in [3.63, 3.8) is 0 Å². The van der Waals surface area contributed by atoms with E-state index >= 15 is 0 Å². The number of ether oxygens (including phenoxy) is 2. The van der Waals surface area contributed by atoms with Crippen molar-refractivity contribution in [2.75, 3.05) is 38.3 Å². The zero-order valence-electron chi connectivity index (χ0n) is 22.1. The standard InChI is InChI=1S/C28H24F3N3O6S2/c1-39-16-8-6-15(7-9-16)20-21-22(25(37)34(24(21)36)18-5-3-2-4-17(18)28(29,30)31)41-26-23(20)42-27(38)33(26)14-19(35)32-10-12-40-13-11-32/h2-9,20-22H,10-14H2,1H3/t20-,21?,22?/m1/s1. The van der Waals surface area contributed by atoms with Gasteiger partial charge >= 0.3 is 11.0 Å². The smallest absolute Gasteiger partial charge is 0.418 e. The number of alkyl halides is 3. The van der Waals surface area contributed by atoms with E-state index < -0.39 is 51.2 Å². The number of methoxy groups -OCH3 is 1. The van der Waals surface area contributed by atoms with E-state index in [-0.39, 0.29) is 12.5 Å². The van der Waals surface area contributed by atoms with Crippen molar-refractivity contribution < 1.29 is 37.0 Å². The molecule has 3 aromatic rings. The first kappa shape index (κ1) is 28.5. The van der Waals surface area contributed by atoms with Crippen molar-refractivity contribution in [2.24, 2.45) is 5.92 Å². The lowest BCUT2D eigenvalue weighted by atomic mass is 9.83. The van der Waals surface area contributed by atoms with Gasteiger partial charge in [0.25, 0.3) is 0 Å². The Morgan fingerprint density at radius 1 is 1.02 bits per heavy atom. The highest BCUT2D eigenvalue weighted by Crippen LogP contribution is 2.54. The normalized spacial score (nSPS) is 22.2. The van der Waals surface area contributed by atoms with Gasteiger partial charge in [0.05, 0.1) is 42.5 Å². The van der Waals surface area contributed by atoms with E-state index in [1.165, 1.54) is 23.8 Å². The lowest BCUT2D eigenvalue weighted by Crippen LogP contribution is -2.43. The minimum Gasteiger partial charge on any atom is -0.497 e. The Balaban J connectivity index is 1.45. The summed E-state index contributed by atoms with van der Waals surface area (Å²) in [7, 11) is 1.49. The second-order valence-electron chi connectivity index (χ2n) is 9.96. The predicted molar refractivity (Wildman–Crippen MR) is 148 cm³/mol. The van der Waals surface area contributed by atoms with Gasteiger partial charge in [-0.15, -0.1) is 0 Å². The number of aromatic nitrogens is 1. The van der Waals surface area contributed by atoms with Gasteiger partial charge in [0.1, 0.15) is 17.5 Å². The maximum absolute atomic E-state index is 14.0. The van der Waals surface area contributed by atoms with Gasteiger partial charge in [-0.05, 0) is 29.8 Å². The van der Waals surface area contributed by atoms with Crippen LogP contribution in [0.1, 0.15) is 21.9 Å². The third-order valence-corrected chi connectivity index (χ3v) is 10.2. The first-order chi connectivity index (χ1) is 20.1. The summed E-state index contributed by atoms with van der Waals surface area (Å²) in [6, 6.07) is 11.2. The Labute approximate surface area is 245 Å². The van der Waals surface area contributed by atoms with Gasteiger partial charge < -0.3 is 14.4 Å². The van der Waals surface area contributed by atoms with Crippen LogP contribution in [-0.2, 0) is 31.8 Å². The minimum atomic E-state index is -4.80. The molecule has 3 atom stereocenters. The van der Waals surface area contributed by atoms with Gasteiger partial charge in [0.15, 0.2) is 0 Å². The average molecular weight is 620 g/mol. The van der Waals surface area contributed by atoms with Crippen molar-refractivity contribution in [3.8, 4) is 5.75 Å². The number of imide groups is 1. The fourth-order valence-electron chi connectivity index (χ4n) is 5.62. The molecule has 2 fully saturated rings. The molecule has 1 aromatic heterocycles. The quantitative estimate of drug-likeness (QED) is 0.403. The van der Waals surface area contributed by atoms with Crippen LogP contribution < -0.4 is 14.5 Å². The number of morpholine rings is 1. The summed E-state index contributed by atoms with van der Waals surface area (Å²) in [5, 5.41) is -0.752. The molecule has 0 radical (unpaired) electrons. The van der Waals surface area contributed by atoms with Crippen LogP contribution in [0.3, 0.4) is 0 Å². The van der Waals surface area contributed by atoms with Crippen molar-refractivity contribution in [1.82, 2.24) is 9.47 Å². The molecule has 0 aliphatic carbocycles. The zero-order chi connectivity index (χ0) is 29.8. The SMILES string of the molecule is COc1ccc([C@H]2c3sc(=O)n(CC(=O)N4CCOCC4)c3SC3C(=O)N(c4ccccc4C(F)(F)F)C(=O)C32)cc1. The molecule has 9 nitrogen and oxygen atoms in total. The van der Waals surface area contributed by atoms with Gasteiger partial charge in [-0.3, -0.25) is 23.7 Å². The molecule has 2 aromatic carbocycles. The van der Waals surface area contributed by atoms with Crippen LogP contribution >= 0.6 is 23.1 Å². The molecule has 3 aliphatic rings. The molecule has 6 rings (SSSR count). The fraction of sp³-hybridized carbons (Fsp3) is 0.357. The van der Waals surface area contributed by atoms with E-state index in [0.29, 0.717) is 52.4 Å². The largest absolute Gasteiger partial charge is 0.497 e. The highest BCUT2D eigenvalue weighted by atomic mass is 32.2. The fourth-order valence-corrected chi connectivity index (χ4v) is 8.39. The summed E-state index contributed by atoms with van der Waals surface area (Å²) in [6.45, 7) is 1.26. The van der Waals surface area contributed by atoms with Crippen LogP contribution in [0, 0.1) is 5.92 Å². The number of halogens is 3. The average Bonchev–Trinajstić information content (AvgIpc) is 3.43. The molecule has 0 spiro atoms.